The number of rotatable bonds is 3. The molecule has 0 bridgehead atoms. The molecule has 1 N–H and O–H groups in total. The number of hydrogen-bond donors (Lipinski definition) is 1. The number of benzene rings is 2. The molecule has 12 heteroatoms. The second kappa shape index (κ2) is 8.19. The van der Waals surface area contributed by atoms with Gasteiger partial charge in [-0.25, -0.2) is 32.1 Å². The van der Waals surface area contributed by atoms with Gasteiger partial charge in [0.25, 0.3) is 0 Å². The Balaban J connectivity index is 1.76. The number of nitrogens with zero attached hydrogens (tertiary/aromatic N) is 4. The quantitative estimate of drug-likeness (QED) is 0.427. The summed E-state index contributed by atoms with van der Waals surface area (Å²) in [5, 5.41) is 2.87. The summed E-state index contributed by atoms with van der Waals surface area (Å²) in [5.41, 5.74) is 0.324. The fourth-order valence-electron chi connectivity index (χ4n) is 3.58. The normalized spacial score (nSPS) is 17.5. The number of methoxy groups -OCH3 is 1. The molecule has 2 aromatic carbocycles. The minimum atomic E-state index is -1.60. The maximum Gasteiger partial charge on any atom is 0.353 e. The highest BCUT2D eigenvalue weighted by atomic mass is 19.2. The summed E-state index contributed by atoms with van der Waals surface area (Å²) in [5.74, 6) is -5.99. The molecule has 0 fully saturated rings. The Morgan fingerprint density at radius 3 is 2.42 bits per heavy atom. The summed E-state index contributed by atoms with van der Waals surface area (Å²) in [6.45, 7) is 1.55. The number of nitrogens with one attached hydrogen (secondary N) is 1. The molecule has 0 aromatic heterocycles. The molecule has 2 aromatic rings. The fourth-order valence-corrected chi connectivity index (χ4v) is 3.58. The molecule has 0 saturated heterocycles. The largest absolute Gasteiger partial charge is 0.465 e. The van der Waals surface area contributed by atoms with E-state index in [1.54, 1.807) is 6.92 Å². The first kappa shape index (κ1) is 22.2. The number of aliphatic imine (C=N–C) groups is 2. The second-order valence-corrected chi connectivity index (χ2v) is 7.37. The molecule has 172 valence electrons. The molecule has 0 aliphatic carbocycles. The van der Waals surface area contributed by atoms with E-state index in [4.69, 9.17) is 0 Å². The third kappa shape index (κ3) is 3.77. The van der Waals surface area contributed by atoms with Gasteiger partial charge in [-0.1, -0.05) is 0 Å². The molecule has 0 saturated carbocycles. The SMILES string of the molecule is COC(=O)c1cc(NC2=NC(=O)N(C)C3=NCC(c4cc(F)c(F)c(F)c4)N23)c(C)cc1F. The number of anilines is 1. The molecule has 1 unspecified atom stereocenters. The number of hydrogen-bond acceptors (Lipinski definition) is 6. The molecule has 4 rings (SSSR count). The van der Waals surface area contributed by atoms with Crippen molar-refractivity contribution in [3.05, 3.63) is 64.2 Å². The van der Waals surface area contributed by atoms with E-state index in [1.807, 2.05) is 0 Å². The van der Waals surface area contributed by atoms with Crippen LogP contribution in [0.1, 0.15) is 27.5 Å². The summed E-state index contributed by atoms with van der Waals surface area (Å²) in [4.78, 5) is 35.0. The number of ether oxygens (including phenoxy) is 1. The number of urea groups is 1. The highest BCUT2D eigenvalue weighted by molar-refractivity contribution is 6.17. The van der Waals surface area contributed by atoms with Crippen LogP contribution in [-0.2, 0) is 4.74 Å². The van der Waals surface area contributed by atoms with E-state index in [2.05, 4.69) is 20.0 Å². The number of halogens is 4. The predicted molar refractivity (Wildman–Crippen MR) is 110 cm³/mol. The lowest BCUT2D eigenvalue weighted by atomic mass is 10.1. The van der Waals surface area contributed by atoms with Crippen LogP contribution in [0.15, 0.2) is 34.3 Å². The fraction of sp³-hybridized carbons (Fsp3) is 0.238. The molecule has 33 heavy (non-hydrogen) atoms. The van der Waals surface area contributed by atoms with E-state index in [0.717, 1.165) is 30.2 Å². The van der Waals surface area contributed by atoms with Crippen LogP contribution in [-0.4, -0.2) is 54.4 Å². The van der Waals surface area contributed by atoms with E-state index in [1.165, 1.54) is 18.0 Å². The molecule has 2 aliphatic rings. The van der Waals surface area contributed by atoms with Gasteiger partial charge in [-0.2, -0.15) is 4.99 Å². The average molecular weight is 463 g/mol. The zero-order valence-corrected chi connectivity index (χ0v) is 17.6. The second-order valence-electron chi connectivity index (χ2n) is 7.37. The van der Waals surface area contributed by atoms with Crippen molar-refractivity contribution in [2.75, 3.05) is 26.0 Å². The van der Waals surface area contributed by atoms with Crippen molar-refractivity contribution < 1.29 is 31.9 Å². The molecular weight excluding hydrogens is 446 g/mol. The van der Waals surface area contributed by atoms with Crippen molar-refractivity contribution in [1.82, 2.24) is 9.80 Å². The van der Waals surface area contributed by atoms with Crippen LogP contribution in [0.4, 0.5) is 28.0 Å². The van der Waals surface area contributed by atoms with Gasteiger partial charge in [0, 0.05) is 12.7 Å². The number of amides is 2. The minimum Gasteiger partial charge on any atom is -0.465 e. The summed E-state index contributed by atoms with van der Waals surface area (Å²) in [6, 6.07) is 2.47. The lowest BCUT2D eigenvalue weighted by molar-refractivity contribution is 0.0595. The van der Waals surface area contributed by atoms with Crippen LogP contribution in [0.25, 0.3) is 0 Å². The van der Waals surface area contributed by atoms with E-state index in [0.29, 0.717) is 5.56 Å². The van der Waals surface area contributed by atoms with Crippen LogP contribution < -0.4 is 5.32 Å². The number of aryl methyl sites for hydroxylation is 1. The molecule has 1 atom stereocenters. The highest BCUT2D eigenvalue weighted by Crippen LogP contribution is 2.33. The van der Waals surface area contributed by atoms with Crippen molar-refractivity contribution in [2.24, 2.45) is 9.98 Å². The molecule has 2 heterocycles. The Bertz CT molecular complexity index is 1220. The lowest BCUT2D eigenvalue weighted by Gasteiger charge is -2.35. The Hall–Kier alpha value is -3.96. The Labute approximate surface area is 185 Å². The Morgan fingerprint density at radius 2 is 1.79 bits per heavy atom. The van der Waals surface area contributed by atoms with E-state index >= 15 is 0 Å². The number of esters is 1. The van der Waals surface area contributed by atoms with Gasteiger partial charge in [0.05, 0.1) is 25.3 Å². The van der Waals surface area contributed by atoms with E-state index in [9.17, 15) is 27.2 Å². The molecule has 2 aliphatic heterocycles. The number of carbonyl (C=O) groups is 2. The van der Waals surface area contributed by atoms with E-state index in [-0.39, 0.29) is 35.3 Å². The minimum absolute atomic E-state index is 0.00598. The maximum atomic E-state index is 14.2. The number of fused-ring (bicyclic) bond motifs is 1. The van der Waals surface area contributed by atoms with Gasteiger partial charge in [0.2, 0.25) is 11.9 Å². The van der Waals surface area contributed by atoms with Crippen LogP contribution in [0.5, 0.6) is 0 Å². The first-order valence-corrected chi connectivity index (χ1v) is 9.62. The monoisotopic (exact) mass is 463 g/mol. The summed E-state index contributed by atoms with van der Waals surface area (Å²) in [6.07, 6.45) is 0. The summed E-state index contributed by atoms with van der Waals surface area (Å²) in [7, 11) is 2.52. The van der Waals surface area contributed by atoms with Gasteiger partial charge in [0.15, 0.2) is 17.5 Å². The van der Waals surface area contributed by atoms with Crippen molar-refractivity contribution in [3.8, 4) is 0 Å². The average Bonchev–Trinajstić information content (AvgIpc) is 3.22. The molecule has 0 radical (unpaired) electrons. The van der Waals surface area contributed by atoms with Crippen molar-refractivity contribution in [3.63, 3.8) is 0 Å². The maximum absolute atomic E-state index is 14.2. The van der Waals surface area contributed by atoms with Gasteiger partial charge in [-0.3, -0.25) is 9.80 Å². The van der Waals surface area contributed by atoms with Crippen LogP contribution in [0, 0.1) is 30.2 Å². The van der Waals surface area contributed by atoms with Gasteiger partial charge in [0.1, 0.15) is 5.82 Å². The predicted octanol–water partition coefficient (Wildman–Crippen LogP) is 3.58. The van der Waals surface area contributed by atoms with Crippen molar-refractivity contribution in [1.29, 1.82) is 0 Å². The molecular formula is C21H17F4N5O3. The standard InChI is InChI=1S/C21H17F4N5O3/c1-9-4-12(22)11(18(31)33-3)7-15(9)27-19-28-21(32)29(2)20-26-8-16(30(19)20)10-5-13(23)17(25)14(24)6-10/h4-7,16H,8H2,1-3H3,(H,27,28,32). The van der Waals surface area contributed by atoms with Crippen LogP contribution in [0.3, 0.4) is 0 Å². The lowest BCUT2D eigenvalue weighted by Crippen LogP contribution is -2.53. The van der Waals surface area contributed by atoms with E-state index < -0.39 is 41.3 Å². The highest BCUT2D eigenvalue weighted by Gasteiger charge is 2.41. The molecule has 0 spiro atoms. The summed E-state index contributed by atoms with van der Waals surface area (Å²) < 4.78 is 60.0. The zero-order chi connectivity index (χ0) is 24.0. The van der Waals surface area contributed by atoms with Gasteiger partial charge in [-0.15, -0.1) is 0 Å². The number of carbonyl (C=O) groups excluding carboxylic acids is 2. The smallest absolute Gasteiger partial charge is 0.353 e. The number of guanidine groups is 2. The van der Waals surface area contributed by atoms with Crippen molar-refractivity contribution in [2.45, 2.75) is 13.0 Å². The molecule has 8 nitrogen and oxygen atoms in total. The van der Waals surface area contributed by atoms with Gasteiger partial charge >= 0.3 is 12.0 Å². The third-order valence-corrected chi connectivity index (χ3v) is 5.31. The Kier molecular flexibility index (Phi) is 5.52. The molecule has 2 amide bonds. The van der Waals surface area contributed by atoms with Crippen LogP contribution in [0.2, 0.25) is 0 Å². The first-order chi connectivity index (χ1) is 15.6. The zero-order valence-electron chi connectivity index (χ0n) is 17.6. The Morgan fingerprint density at radius 1 is 1.12 bits per heavy atom. The third-order valence-electron chi connectivity index (χ3n) is 5.31. The van der Waals surface area contributed by atoms with Crippen LogP contribution >= 0.6 is 0 Å². The van der Waals surface area contributed by atoms with Crippen molar-refractivity contribution >= 4 is 29.6 Å². The van der Waals surface area contributed by atoms with Gasteiger partial charge < -0.3 is 10.1 Å². The summed E-state index contributed by atoms with van der Waals surface area (Å²) >= 11 is 0. The van der Waals surface area contributed by atoms with Gasteiger partial charge in [-0.05, 0) is 42.3 Å². The topological polar surface area (TPSA) is 86.6 Å². The first-order valence-electron chi connectivity index (χ1n) is 9.62.